The molecular formula is C18H19Cl2NO. The number of hydrogen-bond acceptors (Lipinski definition) is 1. The molecule has 116 valence electrons. The maximum Gasteiger partial charge on any atom is 0.255 e. The van der Waals surface area contributed by atoms with E-state index in [2.05, 4.69) is 24.4 Å². The number of anilines is 1. The molecule has 0 saturated carbocycles. The zero-order chi connectivity index (χ0) is 15.9. The normalized spacial score (nSPS) is 10.5. The fourth-order valence-electron chi connectivity index (χ4n) is 2.22. The minimum absolute atomic E-state index is 0.219. The van der Waals surface area contributed by atoms with Crippen LogP contribution >= 0.6 is 23.2 Å². The summed E-state index contributed by atoms with van der Waals surface area (Å²) in [5.41, 5.74) is 2.50. The molecule has 1 amide bonds. The Morgan fingerprint density at radius 1 is 1.00 bits per heavy atom. The molecule has 2 aromatic carbocycles. The van der Waals surface area contributed by atoms with Gasteiger partial charge in [0.25, 0.3) is 5.91 Å². The molecule has 2 rings (SSSR count). The van der Waals surface area contributed by atoms with Gasteiger partial charge in [0.05, 0.1) is 0 Å². The average molecular weight is 336 g/mol. The Kier molecular flexibility index (Phi) is 6.29. The molecule has 1 N–H and O–H groups in total. The molecule has 22 heavy (non-hydrogen) atoms. The fraction of sp³-hybridized carbons (Fsp3) is 0.278. The molecule has 2 aromatic rings. The molecule has 0 aliphatic heterocycles. The van der Waals surface area contributed by atoms with E-state index in [1.807, 2.05) is 12.1 Å². The minimum Gasteiger partial charge on any atom is -0.322 e. The van der Waals surface area contributed by atoms with Crippen LogP contribution in [0.2, 0.25) is 10.0 Å². The van der Waals surface area contributed by atoms with Crippen molar-refractivity contribution < 1.29 is 4.79 Å². The number of carbonyl (C=O) groups excluding carboxylic acids is 1. The van der Waals surface area contributed by atoms with E-state index in [0.29, 0.717) is 15.6 Å². The summed E-state index contributed by atoms with van der Waals surface area (Å²) >= 11 is 11.8. The second-order valence-electron chi connectivity index (χ2n) is 5.27. The number of unbranched alkanes of at least 4 members (excludes halogenated alkanes) is 2. The van der Waals surface area contributed by atoms with E-state index in [0.717, 1.165) is 12.1 Å². The van der Waals surface area contributed by atoms with E-state index >= 15 is 0 Å². The van der Waals surface area contributed by atoms with Crippen LogP contribution in [0.4, 0.5) is 5.69 Å². The third-order valence-corrected chi connectivity index (χ3v) is 3.84. The molecule has 2 nitrogen and oxygen atoms in total. The molecule has 0 spiro atoms. The van der Waals surface area contributed by atoms with Crippen LogP contribution in [0.25, 0.3) is 0 Å². The largest absolute Gasteiger partial charge is 0.322 e. The summed E-state index contributed by atoms with van der Waals surface area (Å²) in [5, 5.41) is 3.75. The number of benzene rings is 2. The Labute approximate surface area is 141 Å². The highest BCUT2D eigenvalue weighted by atomic mass is 35.5. The predicted molar refractivity (Wildman–Crippen MR) is 94.1 cm³/mol. The summed E-state index contributed by atoms with van der Waals surface area (Å²) in [6, 6.07) is 12.7. The van der Waals surface area contributed by atoms with Crippen LogP contribution in [0.5, 0.6) is 0 Å². The first-order valence-electron chi connectivity index (χ1n) is 7.45. The van der Waals surface area contributed by atoms with Gasteiger partial charge in [0.2, 0.25) is 0 Å². The van der Waals surface area contributed by atoms with Gasteiger partial charge in [-0.2, -0.15) is 0 Å². The Hall–Kier alpha value is -1.51. The van der Waals surface area contributed by atoms with Gasteiger partial charge in [-0.15, -0.1) is 0 Å². The highest BCUT2D eigenvalue weighted by molar-refractivity contribution is 6.35. The quantitative estimate of drug-likeness (QED) is 0.646. The van der Waals surface area contributed by atoms with E-state index < -0.39 is 0 Å². The Balaban J connectivity index is 1.99. The molecule has 0 atom stereocenters. The number of nitrogens with one attached hydrogen (secondary N) is 1. The van der Waals surface area contributed by atoms with Crippen LogP contribution in [-0.4, -0.2) is 5.91 Å². The first-order chi connectivity index (χ1) is 10.6. The van der Waals surface area contributed by atoms with Crippen LogP contribution in [0.3, 0.4) is 0 Å². The van der Waals surface area contributed by atoms with Crippen molar-refractivity contribution in [3.05, 3.63) is 63.6 Å². The number of hydrogen-bond donors (Lipinski definition) is 1. The van der Waals surface area contributed by atoms with Crippen molar-refractivity contribution in [1.29, 1.82) is 0 Å². The van der Waals surface area contributed by atoms with Crippen LogP contribution in [0.15, 0.2) is 42.5 Å². The smallest absolute Gasteiger partial charge is 0.255 e. The molecule has 0 saturated heterocycles. The highest BCUT2D eigenvalue weighted by Crippen LogP contribution is 2.20. The van der Waals surface area contributed by atoms with Crippen molar-refractivity contribution in [2.24, 2.45) is 0 Å². The van der Waals surface area contributed by atoms with Gasteiger partial charge < -0.3 is 5.32 Å². The van der Waals surface area contributed by atoms with Gasteiger partial charge in [-0.05, 0) is 48.7 Å². The Bertz CT molecular complexity index is 618. The summed E-state index contributed by atoms with van der Waals surface area (Å²) < 4.78 is 0. The lowest BCUT2D eigenvalue weighted by atomic mass is 10.1. The van der Waals surface area contributed by atoms with Gasteiger partial charge in [-0.3, -0.25) is 4.79 Å². The maximum absolute atomic E-state index is 12.2. The molecular weight excluding hydrogens is 317 g/mol. The average Bonchev–Trinajstić information content (AvgIpc) is 2.48. The molecule has 0 aliphatic rings. The number of rotatable bonds is 6. The monoisotopic (exact) mass is 335 g/mol. The van der Waals surface area contributed by atoms with E-state index in [-0.39, 0.29) is 5.91 Å². The standard InChI is InChI=1S/C18H19Cl2NO/c1-2-3-4-5-13-6-8-17(9-7-13)21-18(22)14-10-15(19)12-16(20)11-14/h6-12H,2-5H2,1H3,(H,21,22). The fourth-order valence-corrected chi connectivity index (χ4v) is 2.75. The van der Waals surface area contributed by atoms with E-state index in [1.165, 1.54) is 24.8 Å². The summed E-state index contributed by atoms with van der Waals surface area (Å²) in [6.07, 6.45) is 4.74. The SMILES string of the molecule is CCCCCc1ccc(NC(=O)c2cc(Cl)cc(Cl)c2)cc1. The van der Waals surface area contributed by atoms with E-state index in [1.54, 1.807) is 18.2 Å². The lowest BCUT2D eigenvalue weighted by Crippen LogP contribution is -2.11. The lowest BCUT2D eigenvalue weighted by Gasteiger charge is -2.07. The first kappa shape index (κ1) is 16.9. The summed E-state index contributed by atoms with van der Waals surface area (Å²) in [6.45, 7) is 2.20. The van der Waals surface area contributed by atoms with Crippen molar-refractivity contribution in [3.63, 3.8) is 0 Å². The molecule has 0 fully saturated rings. The summed E-state index contributed by atoms with van der Waals surface area (Å²) in [7, 11) is 0. The second kappa shape index (κ2) is 8.21. The molecule has 0 heterocycles. The number of aryl methyl sites for hydroxylation is 1. The van der Waals surface area contributed by atoms with Gasteiger partial charge in [0.15, 0.2) is 0 Å². The summed E-state index contributed by atoms with van der Waals surface area (Å²) in [4.78, 5) is 12.2. The molecule has 0 radical (unpaired) electrons. The Morgan fingerprint density at radius 3 is 2.23 bits per heavy atom. The van der Waals surface area contributed by atoms with Crippen LogP contribution in [0.1, 0.15) is 42.1 Å². The minimum atomic E-state index is -0.219. The van der Waals surface area contributed by atoms with Crippen molar-refractivity contribution in [3.8, 4) is 0 Å². The second-order valence-corrected chi connectivity index (χ2v) is 6.14. The predicted octanol–water partition coefficient (Wildman–Crippen LogP) is 5.98. The topological polar surface area (TPSA) is 29.1 Å². The van der Waals surface area contributed by atoms with Crippen molar-refractivity contribution in [1.82, 2.24) is 0 Å². The van der Waals surface area contributed by atoms with Gasteiger partial charge in [-0.1, -0.05) is 55.1 Å². The van der Waals surface area contributed by atoms with Crippen LogP contribution in [0, 0.1) is 0 Å². The summed E-state index contributed by atoms with van der Waals surface area (Å²) in [5.74, 6) is -0.219. The lowest BCUT2D eigenvalue weighted by molar-refractivity contribution is 0.102. The highest BCUT2D eigenvalue weighted by Gasteiger charge is 2.08. The van der Waals surface area contributed by atoms with E-state index in [4.69, 9.17) is 23.2 Å². The van der Waals surface area contributed by atoms with Crippen molar-refractivity contribution >= 4 is 34.8 Å². The molecule has 0 aliphatic carbocycles. The Morgan fingerprint density at radius 2 is 1.64 bits per heavy atom. The third-order valence-electron chi connectivity index (χ3n) is 3.41. The molecule has 0 unspecified atom stereocenters. The third kappa shape index (κ3) is 5.04. The van der Waals surface area contributed by atoms with Gasteiger partial charge in [0, 0.05) is 21.3 Å². The molecule has 0 aromatic heterocycles. The van der Waals surface area contributed by atoms with E-state index in [9.17, 15) is 4.79 Å². The van der Waals surface area contributed by atoms with Gasteiger partial charge in [-0.25, -0.2) is 0 Å². The van der Waals surface area contributed by atoms with Gasteiger partial charge in [0.1, 0.15) is 0 Å². The van der Waals surface area contributed by atoms with Crippen molar-refractivity contribution in [2.45, 2.75) is 32.6 Å². The number of amides is 1. The zero-order valence-corrected chi connectivity index (χ0v) is 14.0. The number of carbonyl (C=O) groups is 1. The number of halogens is 2. The first-order valence-corrected chi connectivity index (χ1v) is 8.20. The van der Waals surface area contributed by atoms with Gasteiger partial charge >= 0.3 is 0 Å². The molecule has 0 bridgehead atoms. The molecule has 4 heteroatoms. The maximum atomic E-state index is 12.2. The van der Waals surface area contributed by atoms with Crippen LogP contribution in [-0.2, 0) is 6.42 Å². The van der Waals surface area contributed by atoms with Crippen LogP contribution < -0.4 is 5.32 Å². The van der Waals surface area contributed by atoms with Crippen molar-refractivity contribution in [2.75, 3.05) is 5.32 Å². The zero-order valence-electron chi connectivity index (χ0n) is 12.5.